The topological polar surface area (TPSA) is 89.1 Å². The molecule has 1 aromatic carbocycles. The first-order chi connectivity index (χ1) is 12.9. The number of alkyl halides is 3. The fraction of sp³-hybridized carbons (Fsp3) is 0.188. The van der Waals surface area contributed by atoms with Gasteiger partial charge < -0.3 is 9.47 Å². The van der Waals surface area contributed by atoms with Crippen molar-refractivity contribution in [3.63, 3.8) is 0 Å². The summed E-state index contributed by atoms with van der Waals surface area (Å²) in [5, 5.41) is 7.33. The molecular formula is C16H11F3N4O3S. The minimum atomic E-state index is -4.66. The number of carbonyl (C=O) groups excluding carboxylic acids is 1. The summed E-state index contributed by atoms with van der Waals surface area (Å²) in [7, 11) is 0. The Morgan fingerprint density at radius 2 is 1.93 bits per heavy atom. The second-order valence-electron chi connectivity index (χ2n) is 5.48. The monoisotopic (exact) mass is 396 g/mol. The molecule has 140 valence electrons. The van der Waals surface area contributed by atoms with Crippen molar-refractivity contribution in [2.24, 2.45) is 0 Å². The van der Waals surface area contributed by atoms with E-state index >= 15 is 0 Å². The molecule has 3 aromatic rings. The Morgan fingerprint density at radius 1 is 1.15 bits per heavy atom. The maximum absolute atomic E-state index is 12.5. The molecule has 1 aliphatic rings. The molecular weight excluding hydrogens is 385 g/mol. The number of aromatic amines is 1. The Balaban J connectivity index is 1.50. The van der Waals surface area contributed by atoms with Gasteiger partial charge in [-0.2, -0.15) is 18.2 Å². The molecule has 0 radical (unpaired) electrons. The molecule has 27 heavy (non-hydrogen) atoms. The van der Waals surface area contributed by atoms with Gasteiger partial charge in [0, 0.05) is 4.88 Å². The van der Waals surface area contributed by atoms with E-state index in [1.165, 1.54) is 11.3 Å². The van der Waals surface area contributed by atoms with Gasteiger partial charge in [0.25, 0.3) is 5.91 Å². The third-order valence-corrected chi connectivity index (χ3v) is 4.77. The van der Waals surface area contributed by atoms with E-state index in [1.807, 2.05) is 12.1 Å². The predicted molar refractivity (Wildman–Crippen MR) is 90.1 cm³/mol. The van der Waals surface area contributed by atoms with Crippen molar-refractivity contribution in [2.75, 3.05) is 18.5 Å². The number of amides is 1. The van der Waals surface area contributed by atoms with Gasteiger partial charge in [0.15, 0.2) is 11.5 Å². The van der Waals surface area contributed by atoms with Crippen molar-refractivity contribution in [3.05, 3.63) is 41.0 Å². The Hall–Kier alpha value is -3.08. The summed E-state index contributed by atoms with van der Waals surface area (Å²) >= 11 is 1.18. The number of nitrogens with one attached hydrogen (secondary N) is 2. The van der Waals surface area contributed by atoms with Gasteiger partial charge in [-0.05, 0) is 35.9 Å². The molecule has 0 spiro atoms. The summed E-state index contributed by atoms with van der Waals surface area (Å²) in [6.07, 6.45) is -4.66. The fourth-order valence-corrected chi connectivity index (χ4v) is 3.32. The summed E-state index contributed by atoms with van der Waals surface area (Å²) in [6, 6.07) is 8.75. The maximum Gasteiger partial charge on any atom is 0.451 e. The third kappa shape index (κ3) is 3.58. The molecule has 0 saturated carbocycles. The van der Waals surface area contributed by atoms with Crippen molar-refractivity contribution in [1.29, 1.82) is 0 Å². The lowest BCUT2D eigenvalue weighted by Gasteiger charge is -2.18. The molecule has 4 rings (SSSR count). The van der Waals surface area contributed by atoms with E-state index in [1.54, 1.807) is 23.3 Å². The van der Waals surface area contributed by atoms with Crippen molar-refractivity contribution < 1.29 is 27.4 Å². The van der Waals surface area contributed by atoms with Crippen LogP contribution in [-0.4, -0.2) is 34.3 Å². The second kappa shape index (κ2) is 6.58. The van der Waals surface area contributed by atoms with Crippen LogP contribution in [0.2, 0.25) is 0 Å². The normalized spacial score (nSPS) is 13.4. The highest BCUT2D eigenvalue weighted by atomic mass is 32.1. The number of ether oxygens (including phenoxy) is 2. The van der Waals surface area contributed by atoms with Crippen LogP contribution in [0, 0.1) is 0 Å². The number of anilines is 1. The number of thiophene rings is 1. The van der Waals surface area contributed by atoms with E-state index in [9.17, 15) is 18.0 Å². The summed E-state index contributed by atoms with van der Waals surface area (Å²) in [6.45, 7) is 0.956. The lowest BCUT2D eigenvalue weighted by Crippen LogP contribution is -2.15. The van der Waals surface area contributed by atoms with Crippen molar-refractivity contribution in [3.8, 4) is 21.9 Å². The zero-order valence-corrected chi connectivity index (χ0v) is 14.3. The maximum atomic E-state index is 12.5. The standard InChI is InChI=1S/C16H11F3N4O3S/c17-16(18,19)14-21-15(23-22-14)20-13(24)12-4-3-11(27-12)8-1-2-9-10(7-8)26-6-5-25-9/h1-4,7H,5-6H2,(H2,20,21,22,23,24). The molecule has 0 bridgehead atoms. The first kappa shape index (κ1) is 17.3. The van der Waals surface area contributed by atoms with E-state index in [0.717, 1.165) is 10.4 Å². The minimum absolute atomic E-state index is 0.304. The van der Waals surface area contributed by atoms with Crippen LogP contribution in [0.15, 0.2) is 30.3 Å². The number of nitrogens with zero attached hydrogens (tertiary/aromatic N) is 2. The molecule has 1 amide bonds. The molecule has 0 atom stereocenters. The molecule has 0 saturated heterocycles. The zero-order valence-electron chi connectivity index (χ0n) is 13.5. The van der Waals surface area contributed by atoms with Crippen LogP contribution in [0.1, 0.15) is 15.5 Å². The largest absolute Gasteiger partial charge is 0.486 e. The van der Waals surface area contributed by atoms with Crippen LogP contribution in [-0.2, 0) is 6.18 Å². The van der Waals surface area contributed by atoms with Gasteiger partial charge in [0.05, 0.1) is 4.88 Å². The number of H-pyrrole nitrogens is 1. The van der Waals surface area contributed by atoms with E-state index in [2.05, 4.69) is 15.4 Å². The van der Waals surface area contributed by atoms with Gasteiger partial charge in [-0.1, -0.05) is 0 Å². The number of aromatic nitrogens is 3. The lowest BCUT2D eigenvalue weighted by molar-refractivity contribution is -0.144. The average Bonchev–Trinajstić information content (AvgIpc) is 3.30. The van der Waals surface area contributed by atoms with E-state index < -0.39 is 23.9 Å². The summed E-state index contributed by atoms with van der Waals surface area (Å²) in [5.74, 6) is -1.04. The van der Waals surface area contributed by atoms with E-state index in [4.69, 9.17) is 9.47 Å². The Morgan fingerprint density at radius 3 is 2.67 bits per heavy atom. The first-order valence-corrected chi connectivity index (χ1v) is 8.52. The molecule has 0 aliphatic carbocycles. The third-order valence-electron chi connectivity index (χ3n) is 3.64. The molecule has 0 fully saturated rings. The molecule has 0 unspecified atom stereocenters. The summed E-state index contributed by atoms with van der Waals surface area (Å²) in [4.78, 5) is 16.5. The van der Waals surface area contributed by atoms with Crippen molar-refractivity contribution in [1.82, 2.24) is 15.2 Å². The molecule has 3 heterocycles. The molecule has 2 N–H and O–H groups in total. The van der Waals surface area contributed by atoms with Crippen LogP contribution < -0.4 is 14.8 Å². The number of carbonyl (C=O) groups is 1. The molecule has 7 nitrogen and oxygen atoms in total. The summed E-state index contributed by atoms with van der Waals surface area (Å²) < 4.78 is 48.5. The number of hydrogen-bond acceptors (Lipinski definition) is 6. The molecule has 11 heteroatoms. The van der Waals surface area contributed by atoms with E-state index in [0.29, 0.717) is 29.6 Å². The smallest absolute Gasteiger partial charge is 0.451 e. The van der Waals surface area contributed by atoms with Crippen LogP contribution in [0.3, 0.4) is 0 Å². The van der Waals surface area contributed by atoms with E-state index in [-0.39, 0.29) is 0 Å². The van der Waals surface area contributed by atoms with Gasteiger partial charge in [-0.15, -0.1) is 16.4 Å². The Kier molecular flexibility index (Phi) is 4.22. The quantitative estimate of drug-likeness (QED) is 0.707. The minimum Gasteiger partial charge on any atom is -0.486 e. The average molecular weight is 396 g/mol. The number of hydrogen-bond donors (Lipinski definition) is 2. The Bertz CT molecular complexity index is 999. The second-order valence-corrected chi connectivity index (χ2v) is 6.57. The van der Waals surface area contributed by atoms with Crippen LogP contribution in [0.25, 0.3) is 10.4 Å². The first-order valence-electron chi connectivity index (χ1n) is 7.71. The Labute approximate surface area is 154 Å². The van der Waals surface area contributed by atoms with Crippen LogP contribution >= 0.6 is 11.3 Å². The highest BCUT2D eigenvalue weighted by Crippen LogP contribution is 2.37. The van der Waals surface area contributed by atoms with Crippen LogP contribution in [0.4, 0.5) is 19.1 Å². The number of rotatable bonds is 3. The van der Waals surface area contributed by atoms with Gasteiger partial charge in [-0.25, -0.2) is 0 Å². The van der Waals surface area contributed by atoms with Gasteiger partial charge in [0.2, 0.25) is 11.8 Å². The lowest BCUT2D eigenvalue weighted by atomic mass is 10.1. The molecule has 2 aromatic heterocycles. The number of benzene rings is 1. The fourth-order valence-electron chi connectivity index (χ4n) is 2.42. The van der Waals surface area contributed by atoms with Crippen LogP contribution in [0.5, 0.6) is 11.5 Å². The predicted octanol–water partition coefficient (Wildman–Crippen LogP) is 3.58. The number of fused-ring (bicyclic) bond motifs is 1. The van der Waals surface area contributed by atoms with Gasteiger partial charge in [0.1, 0.15) is 13.2 Å². The van der Waals surface area contributed by atoms with Crippen molar-refractivity contribution in [2.45, 2.75) is 6.18 Å². The van der Waals surface area contributed by atoms with Gasteiger partial charge >= 0.3 is 6.18 Å². The summed E-state index contributed by atoms with van der Waals surface area (Å²) in [5.41, 5.74) is 0.834. The SMILES string of the molecule is O=C(Nc1n[nH]c(C(F)(F)F)n1)c1ccc(-c2ccc3c(c2)OCCO3)s1. The molecule has 1 aliphatic heterocycles. The highest BCUT2D eigenvalue weighted by molar-refractivity contribution is 7.17. The van der Waals surface area contributed by atoms with Gasteiger partial charge in [-0.3, -0.25) is 15.2 Å². The number of halogens is 3. The highest BCUT2D eigenvalue weighted by Gasteiger charge is 2.35. The zero-order chi connectivity index (χ0) is 19.0. The van der Waals surface area contributed by atoms with Crippen molar-refractivity contribution >= 4 is 23.2 Å².